The number of methoxy groups -OCH3 is 1. The number of esters is 1. The minimum Gasteiger partial charge on any atom is -0.469 e. The molecular formula is C10H13NO3. The van der Waals surface area contributed by atoms with Gasteiger partial charge in [0.2, 0.25) is 5.91 Å². The Bertz CT molecular complexity index is 269. The van der Waals surface area contributed by atoms with Crippen LogP contribution >= 0.6 is 0 Å². The van der Waals surface area contributed by atoms with Gasteiger partial charge >= 0.3 is 5.97 Å². The van der Waals surface area contributed by atoms with Crippen LogP contribution in [-0.4, -0.2) is 25.5 Å². The molecule has 0 fully saturated rings. The summed E-state index contributed by atoms with van der Waals surface area (Å²) < 4.78 is 4.44. The van der Waals surface area contributed by atoms with E-state index in [9.17, 15) is 9.59 Å². The van der Waals surface area contributed by atoms with Crippen molar-refractivity contribution in [3.8, 4) is 0 Å². The molecule has 0 aromatic carbocycles. The number of rotatable bonds is 4. The van der Waals surface area contributed by atoms with Gasteiger partial charge in [0, 0.05) is 6.54 Å². The van der Waals surface area contributed by atoms with Crippen molar-refractivity contribution in [2.75, 3.05) is 13.7 Å². The van der Waals surface area contributed by atoms with Gasteiger partial charge in [-0.3, -0.25) is 9.59 Å². The third kappa shape index (κ3) is 3.05. The highest BCUT2D eigenvalue weighted by Gasteiger charge is 2.13. The Morgan fingerprint density at radius 2 is 2.00 bits per heavy atom. The average molecular weight is 195 g/mol. The van der Waals surface area contributed by atoms with Gasteiger partial charge < -0.3 is 10.1 Å². The summed E-state index contributed by atoms with van der Waals surface area (Å²) in [5, 5.41) is 2.65. The molecule has 14 heavy (non-hydrogen) atoms. The normalized spacial score (nSPS) is 14.4. The zero-order valence-corrected chi connectivity index (χ0v) is 8.03. The van der Waals surface area contributed by atoms with Crippen molar-refractivity contribution in [3.05, 3.63) is 24.3 Å². The molecule has 0 unspecified atom stereocenters. The van der Waals surface area contributed by atoms with Gasteiger partial charge in [0.25, 0.3) is 0 Å². The summed E-state index contributed by atoms with van der Waals surface area (Å²) in [6.45, 7) is 0.323. The molecular weight excluding hydrogens is 182 g/mol. The lowest BCUT2D eigenvalue weighted by atomic mass is 10.1. The lowest BCUT2D eigenvalue weighted by molar-refractivity contribution is -0.140. The van der Waals surface area contributed by atoms with Gasteiger partial charge in [-0.25, -0.2) is 0 Å². The fourth-order valence-electron chi connectivity index (χ4n) is 1.11. The van der Waals surface area contributed by atoms with Crippen LogP contribution in [0.15, 0.2) is 24.3 Å². The minimum atomic E-state index is -0.317. The smallest absolute Gasteiger partial charge is 0.307 e. The Morgan fingerprint density at radius 3 is 2.57 bits per heavy atom. The Morgan fingerprint density at radius 1 is 1.36 bits per heavy atom. The Balaban J connectivity index is 2.18. The first kappa shape index (κ1) is 10.5. The maximum Gasteiger partial charge on any atom is 0.307 e. The molecule has 1 aliphatic rings. The molecule has 1 aliphatic carbocycles. The van der Waals surface area contributed by atoms with E-state index >= 15 is 0 Å². The molecule has 0 aromatic heterocycles. The molecule has 0 heterocycles. The molecule has 4 nitrogen and oxygen atoms in total. The van der Waals surface area contributed by atoms with E-state index < -0.39 is 0 Å². The summed E-state index contributed by atoms with van der Waals surface area (Å²) in [6.07, 6.45) is 7.46. The molecule has 0 bridgehead atoms. The van der Waals surface area contributed by atoms with Gasteiger partial charge in [-0.15, -0.1) is 0 Å². The highest BCUT2D eigenvalue weighted by Crippen LogP contribution is 2.07. The molecule has 1 rings (SSSR count). The van der Waals surface area contributed by atoms with E-state index in [1.807, 2.05) is 12.2 Å². The van der Waals surface area contributed by atoms with Crippen molar-refractivity contribution in [3.63, 3.8) is 0 Å². The summed E-state index contributed by atoms with van der Waals surface area (Å²) in [7, 11) is 1.33. The van der Waals surface area contributed by atoms with Crippen molar-refractivity contribution in [1.29, 1.82) is 0 Å². The van der Waals surface area contributed by atoms with Crippen LogP contribution in [0.4, 0.5) is 0 Å². The van der Waals surface area contributed by atoms with Gasteiger partial charge in [0.15, 0.2) is 0 Å². The van der Waals surface area contributed by atoms with Crippen LogP contribution in [0.2, 0.25) is 0 Å². The van der Waals surface area contributed by atoms with Crippen LogP contribution in [0.25, 0.3) is 0 Å². The van der Waals surface area contributed by atoms with Crippen molar-refractivity contribution in [2.45, 2.75) is 6.42 Å². The Labute approximate surface area is 82.6 Å². The fourth-order valence-corrected chi connectivity index (χ4v) is 1.11. The second-order valence-electron chi connectivity index (χ2n) is 2.91. The highest BCUT2D eigenvalue weighted by atomic mass is 16.5. The SMILES string of the molecule is COC(=O)CCNC(=O)C1C=CC=C1. The van der Waals surface area contributed by atoms with Crippen molar-refractivity contribution in [1.82, 2.24) is 5.32 Å². The first-order valence-corrected chi connectivity index (χ1v) is 4.43. The molecule has 0 saturated carbocycles. The number of carbonyl (C=O) groups excluding carboxylic acids is 2. The molecule has 1 N–H and O–H groups in total. The number of hydrogen-bond donors (Lipinski definition) is 1. The monoisotopic (exact) mass is 195 g/mol. The van der Waals surface area contributed by atoms with Gasteiger partial charge in [-0.05, 0) is 0 Å². The van der Waals surface area contributed by atoms with Crippen LogP contribution in [0.3, 0.4) is 0 Å². The minimum absolute atomic E-state index is 0.0843. The molecule has 0 aliphatic heterocycles. The topological polar surface area (TPSA) is 55.4 Å². The van der Waals surface area contributed by atoms with Gasteiger partial charge in [-0.1, -0.05) is 24.3 Å². The molecule has 0 radical (unpaired) electrons. The number of ether oxygens (including phenoxy) is 1. The zero-order chi connectivity index (χ0) is 10.4. The quantitative estimate of drug-likeness (QED) is 0.661. The zero-order valence-electron chi connectivity index (χ0n) is 8.03. The summed E-state index contributed by atoms with van der Waals surface area (Å²) >= 11 is 0. The molecule has 4 heteroatoms. The van der Waals surface area contributed by atoms with E-state index in [0.29, 0.717) is 6.54 Å². The summed E-state index contributed by atoms with van der Waals surface area (Å²) in [6, 6.07) is 0. The van der Waals surface area contributed by atoms with Crippen LogP contribution in [0.5, 0.6) is 0 Å². The standard InChI is InChI=1S/C10H13NO3/c1-14-9(12)6-7-11-10(13)8-4-2-3-5-8/h2-5,8H,6-7H2,1H3,(H,11,13). The number of nitrogens with one attached hydrogen (secondary N) is 1. The Hall–Kier alpha value is -1.58. The Kier molecular flexibility index (Phi) is 3.91. The van der Waals surface area contributed by atoms with E-state index in [2.05, 4.69) is 10.1 Å². The van der Waals surface area contributed by atoms with Crippen LogP contribution in [0, 0.1) is 5.92 Å². The second-order valence-corrected chi connectivity index (χ2v) is 2.91. The van der Waals surface area contributed by atoms with E-state index in [0.717, 1.165) is 0 Å². The van der Waals surface area contributed by atoms with Crippen LogP contribution in [-0.2, 0) is 14.3 Å². The lowest BCUT2D eigenvalue weighted by Crippen LogP contribution is -2.30. The fraction of sp³-hybridized carbons (Fsp3) is 0.400. The maximum atomic E-state index is 11.3. The summed E-state index contributed by atoms with van der Waals surface area (Å²) in [5.74, 6) is -0.589. The van der Waals surface area contributed by atoms with Crippen molar-refractivity contribution >= 4 is 11.9 Å². The third-order valence-electron chi connectivity index (χ3n) is 1.91. The molecule has 76 valence electrons. The van der Waals surface area contributed by atoms with Gasteiger partial charge in [0.1, 0.15) is 0 Å². The van der Waals surface area contributed by atoms with Crippen molar-refractivity contribution in [2.24, 2.45) is 5.92 Å². The predicted octanol–water partition coefficient (Wildman–Crippen LogP) is 0.408. The maximum absolute atomic E-state index is 11.3. The van der Waals surface area contributed by atoms with Crippen molar-refractivity contribution < 1.29 is 14.3 Å². The van der Waals surface area contributed by atoms with Crippen LogP contribution in [0.1, 0.15) is 6.42 Å². The van der Waals surface area contributed by atoms with Gasteiger partial charge in [0.05, 0.1) is 19.4 Å². The molecule has 1 amide bonds. The number of amides is 1. The van der Waals surface area contributed by atoms with Crippen LogP contribution < -0.4 is 5.32 Å². The van der Waals surface area contributed by atoms with E-state index in [4.69, 9.17) is 0 Å². The second kappa shape index (κ2) is 5.21. The first-order valence-electron chi connectivity index (χ1n) is 4.43. The number of carbonyl (C=O) groups is 2. The number of allylic oxidation sites excluding steroid dienone is 2. The van der Waals surface area contributed by atoms with E-state index in [-0.39, 0.29) is 24.2 Å². The lowest BCUT2D eigenvalue weighted by Gasteiger charge is -2.06. The average Bonchev–Trinajstić information content (AvgIpc) is 2.70. The van der Waals surface area contributed by atoms with E-state index in [1.165, 1.54) is 7.11 Å². The molecule has 0 aromatic rings. The largest absolute Gasteiger partial charge is 0.469 e. The first-order chi connectivity index (χ1) is 6.74. The molecule has 0 spiro atoms. The predicted molar refractivity (Wildman–Crippen MR) is 51.4 cm³/mol. The number of hydrogen-bond acceptors (Lipinski definition) is 3. The third-order valence-corrected chi connectivity index (χ3v) is 1.91. The summed E-state index contributed by atoms with van der Waals surface area (Å²) in [5.41, 5.74) is 0. The molecule has 0 saturated heterocycles. The van der Waals surface area contributed by atoms with Gasteiger partial charge in [-0.2, -0.15) is 0 Å². The van der Waals surface area contributed by atoms with E-state index in [1.54, 1.807) is 12.2 Å². The molecule has 0 atom stereocenters. The summed E-state index contributed by atoms with van der Waals surface area (Å²) in [4.78, 5) is 22.1. The highest BCUT2D eigenvalue weighted by molar-refractivity contribution is 5.83.